The molecule has 1 saturated heterocycles. The van der Waals surface area contributed by atoms with E-state index in [1.165, 1.54) is 19.3 Å². The molecule has 4 nitrogen and oxygen atoms in total. The van der Waals surface area contributed by atoms with Gasteiger partial charge in [-0.05, 0) is 19.8 Å². The van der Waals surface area contributed by atoms with Crippen molar-refractivity contribution in [3.05, 3.63) is 0 Å². The SMILES string of the molecule is CC1CS(=O)(=O)CCN1CC1(CO)CCCCC1. The summed E-state index contributed by atoms with van der Waals surface area (Å²) in [7, 11) is -2.84. The Balaban J connectivity index is 2.00. The fourth-order valence-corrected chi connectivity index (χ4v) is 4.99. The van der Waals surface area contributed by atoms with E-state index in [4.69, 9.17) is 0 Å². The summed E-state index contributed by atoms with van der Waals surface area (Å²) in [5.41, 5.74) is 0.0214. The lowest BCUT2D eigenvalue weighted by atomic mass is 9.74. The molecule has 0 spiro atoms. The largest absolute Gasteiger partial charge is 0.396 e. The van der Waals surface area contributed by atoms with E-state index in [-0.39, 0.29) is 29.6 Å². The van der Waals surface area contributed by atoms with Crippen LogP contribution in [0.25, 0.3) is 0 Å². The van der Waals surface area contributed by atoms with Crippen LogP contribution in [-0.2, 0) is 9.84 Å². The lowest BCUT2D eigenvalue weighted by Crippen LogP contribution is -2.52. The predicted molar refractivity (Wildman–Crippen MR) is 72.3 cm³/mol. The van der Waals surface area contributed by atoms with Crippen LogP contribution in [0.15, 0.2) is 0 Å². The molecule has 0 aromatic heterocycles. The van der Waals surface area contributed by atoms with E-state index in [1.807, 2.05) is 6.92 Å². The van der Waals surface area contributed by atoms with Gasteiger partial charge in [0, 0.05) is 31.2 Å². The van der Waals surface area contributed by atoms with Gasteiger partial charge >= 0.3 is 0 Å². The van der Waals surface area contributed by atoms with Gasteiger partial charge in [-0.3, -0.25) is 4.90 Å². The third-order valence-corrected chi connectivity index (χ3v) is 6.39. The first-order chi connectivity index (χ1) is 8.46. The van der Waals surface area contributed by atoms with Gasteiger partial charge in [0.05, 0.1) is 11.5 Å². The fourth-order valence-electron chi connectivity index (χ4n) is 3.37. The van der Waals surface area contributed by atoms with E-state index < -0.39 is 9.84 Å². The van der Waals surface area contributed by atoms with E-state index >= 15 is 0 Å². The molecule has 2 rings (SSSR count). The summed E-state index contributed by atoms with van der Waals surface area (Å²) in [5, 5.41) is 9.72. The maximum atomic E-state index is 11.6. The molecule has 18 heavy (non-hydrogen) atoms. The summed E-state index contributed by atoms with van der Waals surface area (Å²) in [4.78, 5) is 2.27. The van der Waals surface area contributed by atoms with Gasteiger partial charge in [0.15, 0.2) is 9.84 Å². The van der Waals surface area contributed by atoms with Crippen LogP contribution >= 0.6 is 0 Å². The topological polar surface area (TPSA) is 57.6 Å². The summed E-state index contributed by atoms with van der Waals surface area (Å²) >= 11 is 0. The van der Waals surface area contributed by atoms with Crippen molar-refractivity contribution in [1.82, 2.24) is 4.90 Å². The number of hydrogen-bond donors (Lipinski definition) is 1. The van der Waals surface area contributed by atoms with Gasteiger partial charge in [-0.1, -0.05) is 19.3 Å². The molecule has 0 aromatic rings. The van der Waals surface area contributed by atoms with Crippen LogP contribution in [0.2, 0.25) is 0 Å². The Morgan fingerprint density at radius 1 is 1.28 bits per heavy atom. The molecule has 1 unspecified atom stereocenters. The Bertz CT molecular complexity index is 374. The predicted octanol–water partition coefficient (Wildman–Crippen LogP) is 1.05. The van der Waals surface area contributed by atoms with Crippen LogP contribution in [0, 0.1) is 5.41 Å². The molecule has 0 bridgehead atoms. The summed E-state index contributed by atoms with van der Waals surface area (Å²) in [6.45, 7) is 3.72. The fraction of sp³-hybridized carbons (Fsp3) is 1.00. The number of aliphatic hydroxyl groups excluding tert-OH is 1. The van der Waals surface area contributed by atoms with E-state index in [1.54, 1.807) is 0 Å². The molecule has 2 fully saturated rings. The first-order valence-electron chi connectivity index (χ1n) is 7.02. The Kier molecular flexibility index (Phi) is 4.34. The lowest BCUT2D eigenvalue weighted by Gasteiger charge is -2.43. The number of hydrogen-bond acceptors (Lipinski definition) is 4. The van der Waals surface area contributed by atoms with E-state index in [0.717, 1.165) is 19.4 Å². The molecule has 0 aromatic carbocycles. The molecule has 1 aliphatic heterocycles. The van der Waals surface area contributed by atoms with Gasteiger partial charge in [0.1, 0.15) is 0 Å². The summed E-state index contributed by atoms with van der Waals surface area (Å²) < 4.78 is 23.1. The summed E-state index contributed by atoms with van der Waals surface area (Å²) in [6, 6.07) is 0.0918. The first kappa shape index (κ1) is 14.3. The molecular formula is C13H25NO3S. The minimum Gasteiger partial charge on any atom is -0.396 e. The molecule has 1 saturated carbocycles. The van der Waals surface area contributed by atoms with Crippen molar-refractivity contribution in [3.63, 3.8) is 0 Å². The summed E-state index contributed by atoms with van der Waals surface area (Å²) in [5.74, 6) is 0.549. The molecule has 1 N–H and O–H groups in total. The van der Waals surface area contributed by atoms with Crippen LogP contribution in [0.3, 0.4) is 0 Å². The molecule has 1 heterocycles. The van der Waals surface area contributed by atoms with E-state index in [0.29, 0.717) is 6.54 Å². The monoisotopic (exact) mass is 275 g/mol. The van der Waals surface area contributed by atoms with Crippen LogP contribution in [-0.4, -0.2) is 55.7 Å². The maximum absolute atomic E-state index is 11.6. The van der Waals surface area contributed by atoms with Crippen molar-refractivity contribution in [1.29, 1.82) is 0 Å². The molecule has 0 amide bonds. The third-order valence-electron chi connectivity index (χ3n) is 4.60. The van der Waals surface area contributed by atoms with E-state index in [2.05, 4.69) is 4.90 Å². The molecule has 0 radical (unpaired) electrons. The minimum absolute atomic E-state index is 0.0214. The van der Waals surface area contributed by atoms with Crippen LogP contribution in [0.5, 0.6) is 0 Å². The van der Waals surface area contributed by atoms with Crippen molar-refractivity contribution in [2.24, 2.45) is 5.41 Å². The normalized spacial score (nSPS) is 32.2. The molecule has 1 atom stereocenters. The number of nitrogens with zero attached hydrogens (tertiary/aromatic N) is 1. The number of rotatable bonds is 3. The van der Waals surface area contributed by atoms with Crippen LogP contribution < -0.4 is 0 Å². The average Bonchev–Trinajstić information content (AvgIpc) is 2.34. The highest BCUT2D eigenvalue weighted by Gasteiger charge is 2.37. The summed E-state index contributed by atoms with van der Waals surface area (Å²) in [6.07, 6.45) is 5.83. The molecule has 2 aliphatic rings. The Labute approximate surface area is 110 Å². The van der Waals surface area contributed by atoms with Crippen molar-refractivity contribution in [3.8, 4) is 0 Å². The quantitative estimate of drug-likeness (QED) is 0.836. The zero-order valence-electron chi connectivity index (χ0n) is 11.3. The van der Waals surface area contributed by atoms with Gasteiger partial charge in [-0.2, -0.15) is 0 Å². The molecule has 5 heteroatoms. The Hall–Kier alpha value is -0.130. The second kappa shape index (κ2) is 5.47. The van der Waals surface area contributed by atoms with Gasteiger partial charge in [-0.25, -0.2) is 8.42 Å². The second-order valence-corrected chi connectivity index (χ2v) is 8.38. The minimum atomic E-state index is -2.84. The van der Waals surface area contributed by atoms with Crippen LogP contribution in [0.4, 0.5) is 0 Å². The first-order valence-corrected chi connectivity index (χ1v) is 8.84. The van der Waals surface area contributed by atoms with Gasteiger partial charge < -0.3 is 5.11 Å². The zero-order chi connectivity index (χ0) is 13.2. The highest BCUT2D eigenvalue weighted by atomic mass is 32.2. The molecular weight excluding hydrogens is 250 g/mol. The second-order valence-electron chi connectivity index (χ2n) is 6.15. The Morgan fingerprint density at radius 2 is 1.94 bits per heavy atom. The maximum Gasteiger partial charge on any atom is 0.153 e. The third kappa shape index (κ3) is 3.25. The number of sulfone groups is 1. The highest BCUT2D eigenvalue weighted by Crippen LogP contribution is 2.37. The van der Waals surface area contributed by atoms with Crippen molar-refractivity contribution in [2.75, 3.05) is 31.2 Å². The highest BCUT2D eigenvalue weighted by molar-refractivity contribution is 7.91. The van der Waals surface area contributed by atoms with Gasteiger partial charge in [0.2, 0.25) is 0 Å². The van der Waals surface area contributed by atoms with Crippen LogP contribution in [0.1, 0.15) is 39.0 Å². The molecule has 1 aliphatic carbocycles. The van der Waals surface area contributed by atoms with Gasteiger partial charge in [0.25, 0.3) is 0 Å². The molecule has 106 valence electrons. The average molecular weight is 275 g/mol. The van der Waals surface area contributed by atoms with E-state index in [9.17, 15) is 13.5 Å². The van der Waals surface area contributed by atoms with Crippen molar-refractivity contribution >= 4 is 9.84 Å². The smallest absolute Gasteiger partial charge is 0.153 e. The van der Waals surface area contributed by atoms with Gasteiger partial charge in [-0.15, -0.1) is 0 Å². The Morgan fingerprint density at radius 3 is 2.50 bits per heavy atom. The zero-order valence-corrected chi connectivity index (χ0v) is 12.1. The lowest BCUT2D eigenvalue weighted by molar-refractivity contribution is 0.0313. The number of aliphatic hydroxyl groups is 1. The van der Waals surface area contributed by atoms with Crippen molar-refractivity contribution in [2.45, 2.75) is 45.1 Å². The van der Waals surface area contributed by atoms with Crippen molar-refractivity contribution < 1.29 is 13.5 Å². The standard InChI is InChI=1S/C13H25NO3S/c1-12-9-18(16,17)8-7-14(12)10-13(11-15)5-3-2-4-6-13/h12,15H,2-11H2,1H3.